The summed E-state index contributed by atoms with van der Waals surface area (Å²) in [6.07, 6.45) is 0. The van der Waals surface area contributed by atoms with E-state index in [9.17, 15) is 14.9 Å². The maximum atomic E-state index is 12.7. The van der Waals surface area contributed by atoms with Crippen LogP contribution in [-0.4, -0.2) is 10.8 Å². The number of nitrogens with zero attached hydrogens (tertiary/aromatic N) is 1. The molecular weight excluding hydrogens is 344 g/mol. The molecule has 1 N–H and O–H groups in total. The summed E-state index contributed by atoms with van der Waals surface area (Å²) < 4.78 is 5.78. The molecule has 0 radical (unpaired) electrons. The van der Waals surface area contributed by atoms with Gasteiger partial charge >= 0.3 is 0 Å². The molecule has 27 heavy (non-hydrogen) atoms. The maximum absolute atomic E-state index is 12.7. The Kier molecular flexibility index (Phi) is 5.47. The van der Waals surface area contributed by atoms with Gasteiger partial charge < -0.3 is 10.1 Å². The molecule has 0 spiro atoms. The summed E-state index contributed by atoms with van der Waals surface area (Å²) in [5.41, 5.74) is 2.93. The average molecular weight is 362 g/mol. The Hall–Kier alpha value is -3.67. The SMILES string of the molecule is Cc1ccccc1NC(=O)c1ccccc1OCc1ccc([N+](=O)[O-])cc1. The predicted molar refractivity (Wildman–Crippen MR) is 103 cm³/mol. The van der Waals surface area contributed by atoms with Gasteiger partial charge in [0, 0.05) is 17.8 Å². The van der Waals surface area contributed by atoms with Crippen LogP contribution in [0, 0.1) is 17.0 Å². The summed E-state index contributed by atoms with van der Waals surface area (Å²) in [4.78, 5) is 22.9. The number of non-ortho nitro benzene ring substituents is 1. The molecule has 3 aromatic carbocycles. The van der Waals surface area contributed by atoms with E-state index in [1.807, 2.05) is 31.2 Å². The summed E-state index contributed by atoms with van der Waals surface area (Å²) in [5.74, 6) is 0.186. The quantitative estimate of drug-likeness (QED) is 0.507. The molecule has 0 atom stereocenters. The van der Waals surface area contributed by atoms with Crippen molar-refractivity contribution in [2.45, 2.75) is 13.5 Å². The molecule has 0 aromatic heterocycles. The summed E-state index contributed by atoms with van der Waals surface area (Å²) in [6.45, 7) is 2.12. The van der Waals surface area contributed by atoms with Crippen LogP contribution in [0.5, 0.6) is 5.75 Å². The highest BCUT2D eigenvalue weighted by Crippen LogP contribution is 2.22. The molecule has 0 bridgehead atoms. The number of nitrogens with one attached hydrogen (secondary N) is 1. The number of carbonyl (C=O) groups excluding carboxylic acids is 1. The summed E-state index contributed by atoms with van der Waals surface area (Å²) in [5, 5.41) is 13.6. The van der Waals surface area contributed by atoms with Crippen molar-refractivity contribution in [1.82, 2.24) is 0 Å². The number of carbonyl (C=O) groups is 1. The maximum Gasteiger partial charge on any atom is 0.269 e. The number of hydrogen-bond donors (Lipinski definition) is 1. The first-order chi connectivity index (χ1) is 13.0. The van der Waals surface area contributed by atoms with Crippen molar-refractivity contribution in [2.24, 2.45) is 0 Å². The lowest BCUT2D eigenvalue weighted by atomic mass is 10.1. The molecule has 1 amide bonds. The molecule has 3 rings (SSSR count). The Balaban J connectivity index is 1.73. The molecule has 0 unspecified atom stereocenters. The first-order valence-electron chi connectivity index (χ1n) is 8.37. The van der Waals surface area contributed by atoms with Crippen LogP contribution >= 0.6 is 0 Å². The number of rotatable bonds is 6. The van der Waals surface area contributed by atoms with Gasteiger partial charge in [-0.3, -0.25) is 14.9 Å². The van der Waals surface area contributed by atoms with Gasteiger partial charge in [-0.25, -0.2) is 0 Å². The van der Waals surface area contributed by atoms with E-state index in [0.717, 1.165) is 16.8 Å². The second-order valence-electron chi connectivity index (χ2n) is 5.98. The first kappa shape index (κ1) is 18.1. The zero-order valence-electron chi connectivity index (χ0n) is 14.7. The normalized spacial score (nSPS) is 10.3. The third kappa shape index (κ3) is 4.49. The number of para-hydroxylation sites is 2. The largest absolute Gasteiger partial charge is 0.488 e. The van der Waals surface area contributed by atoms with Crippen LogP contribution in [0.15, 0.2) is 72.8 Å². The number of aryl methyl sites for hydroxylation is 1. The van der Waals surface area contributed by atoms with Gasteiger partial charge in [0.15, 0.2) is 0 Å². The van der Waals surface area contributed by atoms with Crippen molar-refractivity contribution in [3.8, 4) is 5.75 Å². The lowest BCUT2D eigenvalue weighted by Crippen LogP contribution is -2.14. The van der Waals surface area contributed by atoms with E-state index in [4.69, 9.17) is 4.74 Å². The van der Waals surface area contributed by atoms with Crippen LogP contribution in [-0.2, 0) is 6.61 Å². The molecule has 0 aliphatic carbocycles. The van der Waals surface area contributed by atoms with E-state index < -0.39 is 4.92 Å². The van der Waals surface area contributed by atoms with Crippen molar-refractivity contribution in [3.05, 3.63) is 99.6 Å². The Morgan fingerprint density at radius 2 is 1.67 bits per heavy atom. The highest BCUT2D eigenvalue weighted by Gasteiger charge is 2.13. The van der Waals surface area contributed by atoms with Gasteiger partial charge in [-0.05, 0) is 48.4 Å². The molecular formula is C21H18N2O4. The molecule has 3 aromatic rings. The van der Waals surface area contributed by atoms with E-state index in [2.05, 4.69) is 5.32 Å². The van der Waals surface area contributed by atoms with Crippen LogP contribution in [0.25, 0.3) is 0 Å². The Labute approximate surface area is 156 Å². The number of anilines is 1. The second-order valence-corrected chi connectivity index (χ2v) is 5.98. The summed E-state index contributed by atoms with van der Waals surface area (Å²) in [7, 11) is 0. The molecule has 136 valence electrons. The molecule has 0 saturated heterocycles. The minimum absolute atomic E-state index is 0.0248. The predicted octanol–water partition coefficient (Wildman–Crippen LogP) is 4.73. The van der Waals surface area contributed by atoms with E-state index in [1.54, 1.807) is 36.4 Å². The van der Waals surface area contributed by atoms with Gasteiger partial charge in [0.1, 0.15) is 12.4 Å². The van der Waals surface area contributed by atoms with Gasteiger partial charge in [0.2, 0.25) is 0 Å². The standard InChI is InChI=1S/C21H18N2O4/c1-15-6-2-4-8-19(15)22-21(24)18-7-3-5-9-20(18)27-14-16-10-12-17(13-11-16)23(25)26/h2-13H,14H2,1H3,(H,22,24). The molecule has 0 heterocycles. The minimum Gasteiger partial charge on any atom is -0.488 e. The molecule has 6 nitrogen and oxygen atoms in total. The number of ether oxygens (including phenoxy) is 1. The van der Waals surface area contributed by atoms with Crippen molar-refractivity contribution in [1.29, 1.82) is 0 Å². The Bertz CT molecular complexity index is 968. The zero-order valence-corrected chi connectivity index (χ0v) is 14.7. The van der Waals surface area contributed by atoms with Gasteiger partial charge in [0.05, 0.1) is 10.5 Å². The first-order valence-corrected chi connectivity index (χ1v) is 8.37. The molecule has 0 aliphatic rings. The van der Waals surface area contributed by atoms with Crippen LogP contribution in [0.4, 0.5) is 11.4 Å². The zero-order chi connectivity index (χ0) is 19.2. The lowest BCUT2D eigenvalue weighted by Gasteiger charge is -2.13. The van der Waals surface area contributed by atoms with Crippen molar-refractivity contribution in [3.63, 3.8) is 0 Å². The lowest BCUT2D eigenvalue weighted by molar-refractivity contribution is -0.384. The topological polar surface area (TPSA) is 81.5 Å². The van der Waals surface area contributed by atoms with Crippen LogP contribution < -0.4 is 10.1 Å². The molecule has 6 heteroatoms. The average Bonchev–Trinajstić information content (AvgIpc) is 2.68. The number of amides is 1. The number of benzene rings is 3. The Morgan fingerprint density at radius 1 is 1.00 bits per heavy atom. The fraction of sp³-hybridized carbons (Fsp3) is 0.0952. The van der Waals surface area contributed by atoms with Crippen molar-refractivity contribution in [2.75, 3.05) is 5.32 Å². The number of nitro groups is 1. The fourth-order valence-corrected chi connectivity index (χ4v) is 2.56. The van der Waals surface area contributed by atoms with Gasteiger partial charge in [-0.1, -0.05) is 30.3 Å². The van der Waals surface area contributed by atoms with E-state index in [0.29, 0.717) is 11.3 Å². The third-order valence-electron chi connectivity index (χ3n) is 4.07. The van der Waals surface area contributed by atoms with Gasteiger partial charge in [-0.15, -0.1) is 0 Å². The molecule has 0 saturated carbocycles. The monoisotopic (exact) mass is 362 g/mol. The summed E-state index contributed by atoms with van der Waals surface area (Å²) in [6, 6.07) is 20.6. The van der Waals surface area contributed by atoms with Crippen LogP contribution in [0.3, 0.4) is 0 Å². The van der Waals surface area contributed by atoms with E-state index in [-0.39, 0.29) is 18.2 Å². The van der Waals surface area contributed by atoms with Crippen molar-refractivity contribution < 1.29 is 14.5 Å². The number of hydrogen-bond acceptors (Lipinski definition) is 4. The van der Waals surface area contributed by atoms with Crippen LogP contribution in [0.1, 0.15) is 21.5 Å². The Morgan fingerprint density at radius 3 is 2.37 bits per heavy atom. The molecule has 0 aliphatic heterocycles. The summed E-state index contributed by atoms with van der Waals surface area (Å²) >= 11 is 0. The number of nitro benzene ring substituents is 1. The van der Waals surface area contributed by atoms with E-state index >= 15 is 0 Å². The van der Waals surface area contributed by atoms with E-state index in [1.165, 1.54) is 12.1 Å². The van der Waals surface area contributed by atoms with Crippen LogP contribution in [0.2, 0.25) is 0 Å². The van der Waals surface area contributed by atoms with Gasteiger partial charge in [-0.2, -0.15) is 0 Å². The second kappa shape index (κ2) is 8.14. The van der Waals surface area contributed by atoms with Crippen molar-refractivity contribution >= 4 is 17.3 Å². The molecule has 0 fully saturated rings. The smallest absolute Gasteiger partial charge is 0.269 e. The highest BCUT2D eigenvalue weighted by atomic mass is 16.6. The minimum atomic E-state index is -0.449. The highest BCUT2D eigenvalue weighted by molar-refractivity contribution is 6.06. The fourth-order valence-electron chi connectivity index (χ4n) is 2.56. The third-order valence-corrected chi connectivity index (χ3v) is 4.07. The van der Waals surface area contributed by atoms with Gasteiger partial charge in [0.25, 0.3) is 11.6 Å².